The first-order valence-corrected chi connectivity index (χ1v) is 6.82. The molecule has 5 heteroatoms. The van der Waals surface area contributed by atoms with Gasteiger partial charge in [-0.25, -0.2) is 0 Å². The second-order valence-corrected chi connectivity index (χ2v) is 5.03. The zero-order valence-corrected chi connectivity index (χ0v) is 12.3. The number of carbonyl (C=O) groups is 1. The molecular formula is C15H20N2O3. The fourth-order valence-electron chi connectivity index (χ4n) is 1.92. The normalized spacial score (nSPS) is 12.4. The Hall–Kier alpha value is -2.04. The van der Waals surface area contributed by atoms with Crippen LogP contribution in [-0.2, 0) is 6.42 Å². The Labute approximate surface area is 118 Å². The number of aromatic nitrogens is 1. The molecule has 2 rings (SSSR count). The molecule has 0 radical (unpaired) electrons. The lowest BCUT2D eigenvalue weighted by Gasteiger charge is -2.09. The van der Waals surface area contributed by atoms with E-state index in [0.717, 1.165) is 29.2 Å². The topological polar surface area (TPSA) is 68.3 Å². The van der Waals surface area contributed by atoms with E-state index in [-0.39, 0.29) is 11.9 Å². The highest BCUT2D eigenvalue weighted by atomic mass is 16.5. The second-order valence-electron chi connectivity index (χ2n) is 5.03. The average Bonchev–Trinajstić information content (AvgIpc) is 3.01. The molecule has 5 nitrogen and oxygen atoms in total. The molecule has 0 saturated heterocycles. The Morgan fingerprint density at radius 2 is 2.15 bits per heavy atom. The summed E-state index contributed by atoms with van der Waals surface area (Å²) >= 11 is 0. The first-order valence-electron chi connectivity index (χ1n) is 6.82. The van der Waals surface area contributed by atoms with Crippen molar-refractivity contribution >= 4 is 5.91 Å². The van der Waals surface area contributed by atoms with Gasteiger partial charge in [0.15, 0.2) is 5.76 Å². The Morgan fingerprint density at radius 1 is 1.40 bits per heavy atom. The molecule has 2 aromatic rings. The first kappa shape index (κ1) is 14.4. The third-order valence-corrected chi connectivity index (χ3v) is 3.41. The lowest BCUT2D eigenvalue weighted by atomic mass is 10.1. The summed E-state index contributed by atoms with van der Waals surface area (Å²) in [6.07, 6.45) is 1.47. The van der Waals surface area contributed by atoms with Crippen molar-refractivity contribution in [3.05, 3.63) is 40.7 Å². The van der Waals surface area contributed by atoms with Crippen LogP contribution in [0.4, 0.5) is 0 Å². The van der Waals surface area contributed by atoms with Crippen LogP contribution in [0, 0.1) is 13.8 Å². The summed E-state index contributed by atoms with van der Waals surface area (Å²) in [7, 11) is 0. The van der Waals surface area contributed by atoms with Crippen LogP contribution in [0.3, 0.4) is 0 Å². The quantitative estimate of drug-likeness (QED) is 0.911. The van der Waals surface area contributed by atoms with Gasteiger partial charge in [-0.2, -0.15) is 0 Å². The minimum atomic E-state index is -0.177. The molecule has 2 heterocycles. The zero-order valence-electron chi connectivity index (χ0n) is 12.3. The van der Waals surface area contributed by atoms with Crippen molar-refractivity contribution in [1.29, 1.82) is 0 Å². The Bertz CT molecular complexity index is 579. The maximum absolute atomic E-state index is 11.9. The molecule has 1 unspecified atom stereocenters. The number of furan rings is 1. The van der Waals surface area contributed by atoms with Gasteiger partial charge < -0.3 is 14.3 Å². The van der Waals surface area contributed by atoms with E-state index in [9.17, 15) is 4.79 Å². The molecule has 0 aliphatic rings. The molecule has 0 spiro atoms. The maximum Gasteiger partial charge on any atom is 0.287 e. The van der Waals surface area contributed by atoms with Crippen molar-refractivity contribution in [3.8, 4) is 0 Å². The molecule has 1 atom stereocenters. The Morgan fingerprint density at radius 3 is 2.75 bits per heavy atom. The lowest BCUT2D eigenvalue weighted by molar-refractivity contribution is 0.0909. The van der Waals surface area contributed by atoms with Crippen molar-refractivity contribution in [2.45, 2.75) is 46.6 Å². The van der Waals surface area contributed by atoms with Crippen molar-refractivity contribution in [1.82, 2.24) is 10.5 Å². The van der Waals surface area contributed by atoms with E-state index in [0.29, 0.717) is 12.2 Å². The summed E-state index contributed by atoms with van der Waals surface area (Å²) in [6.45, 7) is 7.75. The van der Waals surface area contributed by atoms with Crippen LogP contribution >= 0.6 is 0 Å². The third-order valence-electron chi connectivity index (χ3n) is 3.41. The van der Waals surface area contributed by atoms with E-state index in [1.807, 2.05) is 33.8 Å². The minimum Gasteiger partial charge on any atom is -0.456 e. The van der Waals surface area contributed by atoms with Gasteiger partial charge >= 0.3 is 0 Å². The predicted octanol–water partition coefficient (Wildman–Crippen LogP) is 3.00. The molecule has 108 valence electrons. The monoisotopic (exact) mass is 276 g/mol. The highest BCUT2D eigenvalue weighted by molar-refractivity contribution is 5.91. The summed E-state index contributed by atoms with van der Waals surface area (Å²) in [4.78, 5) is 11.9. The number of amides is 1. The molecular weight excluding hydrogens is 256 g/mol. The van der Waals surface area contributed by atoms with Gasteiger partial charge in [-0.1, -0.05) is 12.1 Å². The van der Waals surface area contributed by atoms with E-state index in [4.69, 9.17) is 8.94 Å². The van der Waals surface area contributed by atoms with Crippen LogP contribution in [0.5, 0.6) is 0 Å². The van der Waals surface area contributed by atoms with Crippen molar-refractivity contribution in [3.63, 3.8) is 0 Å². The molecule has 1 N–H and O–H groups in total. The Balaban J connectivity index is 2.08. The molecule has 0 saturated carbocycles. The van der Waals surface area contributed by atoms with E-state index in [1.165, 1.54) is 0 Å². The SMILES string of the molecule is CCC(C)NC(=O)c1ccc(Cc2c(C)noc2C)o1. The van der Waals surface area contributed by atoms with Crippen LogP contribution in [0.25, 0.3) is 0 Å². The van der Waals surface area contributed by atoms with Gasteiger partial charge in [-0.3, -0.25) is 4.79 Å². The first-order chi connectivity index (χ1) is 9.51. The summed E-state index contributed by atoms with van der Waals surface area (Å²) in [5.74, 6) is 1.68. The maximum atomic E-state index is 11.9. The van der Waals surface area contributed by atoms with Gasteiger partial charge in [-0.05, 0) is 39.3 Å². The van der Waals surface area contributed by atoms with Crippen molar-refractivity contribution in [2.75, 3.05) is 0 Å². The molecule has 0 aliphatic heterocycles. The molecule has 2 aromatic heterocycles. The number of nitrogens with one attached hydrogen (secondary N) is 1. The molecule has 0 aromatic carbocycles. The average molecular weight is 276 g/mol. The van der Waals surface area contributed by atoms with Crippen molar-refractivity contribution < 1.29 is 13.7 Å². The number of nitrogens with zero attached hydrogens (tertiary/aromatic N) is 1. The number of rotatable bonds is 5. The van der Waals surface area contributed by atoms with Crippen LogP contribution < -0.4 is 5.32 Å². The standard InChI is InChI=1S/C15H20N2O3/c1-5-9(2)16-15(18)14-7-6-12(19-14)8-13-10(3)17-20-11(13)4/h6-7,9H,5,8H2,1-4H3,(H,16,18). The van der Waals surface area contributed by atoms with Crippen LogP contribution in [0.1, 0.15) is 53.6 Å². The van der Waals surface area contributed by atoms with E-state index in [1.54, 1.807) is 6.07 Å². The summed E-state index contributed by atoms with van der Waals surface area (Å²) < 4.78 is 10.7. The molecule has 1 amide bonds. The number of carbonyl (C=O) groups excluding carboxylic acids is 1. The van der Waals surface area contributed by atoms with Gasteiger partial charge in [0.1, 0.15) is 11.5 Å². The van der Waals surface area contributed by atoms with Crippen molar-refractivity contribution in [2.24, 2.45) is 0 Å². The van der Waals surface area contributed by atoms with Gasteiger partial charge in [0.05, 0.1) is 5.69 Å². The molecule has 0 aliphatic carbocycles. The summed E-state index contributed by atoms with van der Waals surface area (Å²) in [5, 5.41) is 6.79. The van der Waals surface area contributed by atoms with Crippen LogP contribution in [0.15, 0.2) is 21.1 Å². The largest absolute Gasteiger partial charge is 0.456 e. The minimum absolute atomic E-state index is 0.138. The second kappa shape index (κ2) is 5.94. The van der Waals surface area contributed by atoms with E-state index < -0.39 is 0 Å². The summed E-state index contributed by atoms with van der Waals surface area (Å²) in [5.41, 5.74) is 1.86. The smallest absolute Gasteiger partial charge is 0.287 e. The highest BCUT2D eigenvalue weighted by Crippen LogP contribution is 2.19. The van der Waals surface area contributed by atoms with Gasteiger partial charge in [0.25, 0.3) is 5.91 Å². The Kier molecular flexibility index (Phi) is 4.27. The highest BCUT2D eigenvalue weighted by Gasteiger charge is 2.15. The fraction of sp³-hybridized carbons (Fsp3) is 0.467. The van der Waals surface area contributed by atoms with Gasteiger partial charge in [-0.15, -0.1) is 0 Å². The third kappa shape index (κ3) is 3.10. The molecule has 0 bridgehead atoms. The molecule has 20 heavy (non-hydrogen) atoms. The molecule has 0 fully saturated rings. The number of hydrogen-bond acceptors (Lipinski definition) is 4. The zero-order chi connectivity index (χ0) is 14.7. The predicted molar refractivity (Wildman–Crippen MR) is 74.7 cm³/mol. The number of aryl methyl sites for hydroxylation is 2. The van der Waals surface area contributed by atoms with Crippen LogP contribution in [0.2, 0.25) is 0 Å². The van der Waals surface area contributed by atoms with E-state index >= 15 is 0 Å². The van der Waals surface area contributed by atoms with E-state index in [2.05, 4.69) is 10.5 Å². The fourth-order valence-corrected chi connectivity index (χ4v) is 1.92. The lowest BCUT2D eigenvalue weighted by Crippen LogP contribution is -2.31. The summed E-state index contributed by atoms with van der Waals surface area (Å²) in [6, 6.07) is 3.65. The van der Waals surface area contributed by atoms with Gasteiger partial charge in [0, 0.05) is 18.0 Å². The van der Waals surface area contributed by atoms with Crippen LogP contribution in [-0.4, -0.2) is 17.1 Å². The number of hydrogen-bond donors (Lipinski definition) is 1. The van der Waals surface area contributed by atoms with Gasteiger partial charge in [0.2, 0.25) is 0 Å².